The van der Waals surface area contributed by atoms with E-state index < -0.39 is 24.0 Å². The summed E-state index contributed by atoms with van der Waals surface area (Å²) < 4.78 is 44.0. The molecular weight excluding hydrogens is 293 g/mol. The molecule has 0 aromatic heterocycles. The molecule has 1 aliphatic carbocycles. The highest BCUT2D eigenvalue weighted by Crippen LogP contribution is 2.40. The van der Waals surface area contributed by atoms with Crippen LogP contribution in [0, 0.1) is 32.6 Å². The number of halogens is 3. The van der Waals surface area contributed by atoms with E-state index in [1.807, 2.05) is 32.9 Å². The standard InChI is InChI=1S/C17H21F3O2/c1-10-7-8-11(2)15(12(10)3)22-16(21)13-5-4-6-14(9-13)17(18,19)20/h7-8,13-14H,4-6,9H2,1-3H3. The predicted molar refractivity (Wildman–Crippen MR) is 77.8 cm³/mol. The zero-order chi connectivity index (χ0) is 16.5. The molecule has 22 heavy (non-hydrogen) atoms. The Labute approximate surface area is 128 Å². The molecule has 0 spiro atoms. The Morgan fingerprint density at radius 3 is 2.41 bits per heavy atom. The predicted octanol–water partition coefficient (Wildman–Crippen LogP) is 4.89. The molecule has 0 heterocycles. The van der Waals surface area contributed by atoms with Crippen LogP contribution in [0.5, 0.6) is 5.75 Å². The Bertz CT molecular complexity index is 564. The van der Waals surface area contributed by atoms with Crippen LogP contribution in [0.1, 0.15) is 42.4 Å². The number of carbonyl (C=O) groups is 1. The number of ether oxygens (including phenoxy) is 1. The summed E-state index contributed by atoms with van der Waals surface area (Å²) in [6.45, 7) is 5.59. The van der Waals surface area contributed by atoms with Gasteiger partial charge < -0.3 is 4.74 Å². The molecule has 2 unspecified atom stereocenters. The number of rotatable bonds is 2. The van der Waals surface area contributed by atoms with Gasteiger partial charge in [-0.15, -0.1) is 0 Å². The third kappa shape index (κ3) is 3.62. The average Bonchev–Trinajstić information content (AvgIpc) is 2.46. The molecule has 122 valence electrons. The van der Waals surface area contributed by atoms with Crippen LogP contribution in [-0.4, -0.2) is 12.1 Å². The fourth-order valence-corrected chi connectivity index (χ4v) is 2.97. The van der Waals surface area contributed by atoms with Crippen LogP contribution in [-0.2, 0) is 4.79 Å². The maximum atomic E-state index is 12.8. The summed E-state index contributed by atoms with van der Waals surface area (Å²) in [5.74, 6) is -2.11. The van der Waals surface area contributed by atoms with E-state index in [0.29, 0.717) is 18.6 Å². The summed E-state index contributed by atoms with van der Waals surface area (Å²) in [6, 6.07) is 3.78. The van der Waals surface area contributed by atoms with Gasteiger partial charge in [0.1, 0.15) is 5.75 Å². The number of benzene rings is 1. The van der Waals surface area contributed by atoms with Crippen molar-refractivity contribution >= 4 is 5.97 Å². The highest BCUT2D eigenvalue weighted by atomic mass is 19.4. The highest BCUT2D eigenvalue weighted by molar-refractivity contribution is 5.76. The van der Waals surface area contributed by atoms with Gasteiger partial charge in [-0.25, -0.2) is 0 Å². The molecule has 0 aliphatic heterocycles. The van der Waals surface area contributed by atoms with Gasteiger partial charge in [-0.2, -0.15) is 13.2 Å². The number of carbonyl (C=O) groups excluding carboxylic acids is 1. The van der Waals surface area contributed by atoms with Crippen LogP contribution in [0.2, 0.25) is 0 Å². The first-order valence-electron chi connectivity index (χ1n) is 7.55. The van der Waals surface area contributed by atoms with E-state index in [4.69, 9.17) is 4.74 Å². The number of aryl methyl sites for hydroxylation is 2. The summed E-state index contributed by atoms with van der Waals surface area (Å²) in [5.41, 5.74) is 2.67. The van der Waals surface area contributed by atoms with Crippen LogP contribution < -0.4 is 4.74 Å². The fraction of sp³-hybridized carbons (Fsp3) is 0.588. The lowest BCUT2D eigenvalue weighted by Crippen LogP contribution is -2.33. The molecule has 1 aromatic rings. The van der Waals surface area contributed by atoms with Crippen molar-refractivity contribution in [3.63, 3.8) is 0 Å². The van der Waals surface area contributed by atoms with Crippen LogP contribution in [0.4, 0.5) is 13.2 Å². The minimum Gasteiger partial charge on any atom is -0.426 e. The van der Waals surface area contributed by atoms with Gasteiger partial charge in [0.2, 0.25) is 0 Å². The van der Waals surface area contributed by atoms with Gasteiger partial charge in [0.05, 0.1) is 11.8 Å². The fourth-order valence-electron chi connectivity index (χ4n) is 2.97. The van der Waals surface area contributed by atoms with E-state index in [9.17, 15) is 18.0 Å². The first-order valence-corrected chi connectivity index (χ1v) is 7.55. The van der Waals surface area contributed by atoms with Crippen LogP contribution in [0.3, 0.4) is 0 Å². The van der Waals surface area contributed by atoms with Gasteiger partial charge in [-0.1, -0.05) is 18.6 Å². The third-order valence-corrected chi connectivity index (χ3v) is 4.55. The Kier molecular flexibility index (Phi) is 4.83. The normalized spacial score (nSPS) is 22.5. The SMILES string of the molecule is Cc1ccc(C)c(OC(=O)C2CCCC(C(F)(F)F)C2)c1C. The van der Waals surface area contributed by atoms with Crippen molar-refractivity contribution in [2.75, 3.05) is 0 Å². The molecule has 0 N–H and O–H groups in total. The number of hydrogen-bond donors (Lipinski definition) is 0. The molecule has 0 amide bonds. The highest BCUT2D eigenvalue weighted by Gasteiger charge is 2.44. The molecule has 0 bridgehead atoms. The van der Waals surface area contributed by atoms with Crippen LogP contribution >= 0.6 is 0 Å². The first kappa shape index (κ1) is 16.8. The molecule has 1 aliphatic rings. The van der Waals surface area contributed by atoms with Crippen molar-refractivity contribution in [3.05, 3.63) is 28.8 Å². The maximum Gasteiger partial charge on any atom is 0.391 e. The summed E-state index contributed by atoms with van der Waals surface area (Å²) in [4.78, 5) is 12.3. The lowest BCUT2D eigenvalue weighted by Gasteiger charge is -2.29. The van der Waals surface area contributed by atoms with E-state index in [2.05, 4.69) is 0 Å². The second kappa shape index (κ2) is 6.31. The Balaban J connectivity index is 2.11. The molecule has 2 atom stereocenters. The largest absolute Gasteiger partial charge is 0.426 e. The Morgan fingerprint density at radius 2 is 1.77 bits per heavy atom. The van der Waals surface area contributed by atoms with Crippen LogP contribution in [0.25, 0.3) is 0 Å². The van der Waals surface area contributed by atoms with E-state index in [-0.39, 0.29) is 12.8 Å². The average molecular weight is 314 g/mol. The van der Waals surface area contributed by atoms with E-state index in [1.54, 1.807) is 0 Å². The molecule has 1 fully saturated rings. The lowest BCUT2D eigenvalue weighted by molar-refractivity contribution is -0.187. The minimum atomic E-state index is -4.23. The quantitative estimate of drug-likeness (QED) is 0.574. The number of alkyl halides is 3. The summed E-state index contributed by atoms with van der Waals surface area (Å²) in [6.07, 6.45) is -3.40. The van der Waals surface area contributed by atoms with Crippen molar-refractivity contribution < 1.29 is 22.7 Å². The van der Waals surface area contributed by atoms with Crippen molar-refractivity contribution in [1.29, 1.82) is 0 Å². The van der Waals surface area contributed by atoms with E-state index in [0.717, 1.165) is 16.7 Å². The molecular formula is C17H21F3O2. The van der Waals surface area contributed by atoms with Crippen molar-refractivity contribution in [3.8, 4) is 5.75 Å². The molecule has 0 saturated heterocycles. The second-order valence-corrected chi connectivity index (χ2v) is 6.18. The van der Waals surface area contributed by atoms with E-state index in [1.165, 1.54) is 0 Å². The molecule has 1 saturated carbocycles. The smallest absolute Gasteiger partial charge is 0.391 e. The maximum absolute atomic E-state index is 12.8. The summed E-state index contributed by atoms with van der Waals surface area (Å²) in [7, 11) is 0. The van der Waals surface area contributed by atoms with Crippen molar-refractivity contribution in [1.82, 2.24) is 0 Å². The summed E-state index contributed by atoms with van der Waals surface area (Å²) >= 11 is 0. The zero-order valence-corrected chi connectivity index (χ0v) is 13.1. The number of hydrogen-bond acceptors (Lipinski definition) is 2. The van der Waals surface area contributed by atoms with Gasteiger partial charge in [-0.05, 0) is 56.7 Å². The number of esters is 1. The third-order valence-electron chi connectivity index (χ3n) is 4.55. The van der Waals surface area contributed by atoms with Gasteiger partial charge in [0.25, 0.3) is 0 Å². The zero-order valence-electron chi connectivity index (χ0n) is 13.1. The van der Waals surface area contributed by atoms with Crippen LogP contribution in [0.15, 0.2) is 12.1 Å². The lowest BCUT2D eigenvalue weighted by atomic mass is 9.81. The van der Waals surface area contributed by atoms with Gasteiger partial charge in [0, 0.05) is 0 Å². The van der Waals surface area contributed by atoms with Gasteiger partial charge in [-0.3, -0.25) is 4.79 Å². The minimum absolute atomic E-state index is 0.107. The van der Waals surface area contributed by atoms with Crippen molar-refractivity contribution in [2.45, 2.75) is 52.6 Å². The van der Waals surface area contributed by atoms with Crippen molar-refractivity contribution in [2.24, 2.45) is 11.8 Å². The molecule has 5 heteroatoms. The molecule has 1 aromatic carbocycles. The molecule has 0 radical (unpaired) electrons. The molecule has 2 rings (SSSR count). The Morgan fingerprint density at radius 1 is 1.14 bits per heavy atom. The topological polar surface area (TPSA) is 26.3 Å². The Hall–Kier alpha value is -1.52. The van der Waals surface area contributed by atoms with E-state index >= 15 is 0 Å². The molecule has 2 nitrogen and oxygen atoms in total. The van der Waals surface area contributed by atoms with Gasteiger partial charge >= 0.3 is 12.1 Å². The first-order chi connectivity index (χ1) is 10.2. The summed E-state index contributed by atoms with van der Waals surface area (Å²) in [5, 5.41) is 0. The second-order valence-electron chi connectivity index (χ2n) is 6.18. The monoisotopic (exact) mass is 314 g/mol. The van der Waals surface area contributed by atoms with Gasteiger partial charge in [0.15, 0.2) is 0 Å².